The van der Waals surface area contributed by atoms with Crippen molar-refractivity contribution in [1.29, 1.82) is 0 Å². The Kier molecular flexibility index (Phi) is 7.93. The van der Waals surface area contributed by atoms with Gasteiger partial charge in [-0.3, -0.25) is 0 Å². The predicted octanol–water partition coefficient (Wildman–Crippen LogP) is 3.82. The molecule has 6 nitrogen and oxygen atoms in total. The van der Waals surface area contributed by atoms with Crippen LogP contribution in [0.15, 0.2) is 30.5 Å². The van der Waals surface area contributed by atoms with Crippen molar-refractivity contribution in [1.82, 2.24) is 15.3 Å². The van der Waals surface area contributed by atoms with Crippen molar-refractivity contribution in [2.24, 2.45) is 0 Å². The SMILES string of the molecule is C1CCNCC1.COC(=O)c1cnc(N2CCCCC2)c(-c2ccc(F)cc2)n1. The van der Waals surface area contributed by atoms with Gasteiger partial charge in [-0.1, -0.05) is 6.42 Å². The van der Waals surface area contributed by atoms with Crippen LogP contribution in [-0.4, -0.2) is 49.2 Å². The zero-order valence-electron chi connectivity index (χ0n) is 17.0. The average molecular weight is 400 g/mol. The van der Waals surface area contributed by atoms with Crippen LogP contribution in [0.5, 0.6) is 0 Å². The number of methoxy groups -OCH3 is 1. The molecule has 1 N–H and O–H groups in total. The average Bonchev–Trinajstić information content (AvgIpc) is 2.81. The van der Waals surface area contributed by atoms with Crippen molar-refractivity contribution >= 4 is 11.8 Å². The van der Waals surface area contributed by atoms with Crippen molar-refractivity contribution in [2.75, 3.05) is 38.2 Å². The third kappa shape index (κ3) is 5.97. The van der Waals surface area contributed by atoms with E-state index in [2.05, 4.69) is 20.2 Å². The Morgan fingerprint density at radius 2 is 1.69 bits per heavy atom. The van der Waals surface area contributed by atoms with E-state index < -0.39 is 5.97 Å². The van der Waals surface area contributed by atoms with Gasteiger partial charge in [0, 0.05) is 18.7 Å². The van der Waals surface area contributed by atoms with E-state index >= 15 is 0 Å². The Morgan fingerprint density at radius 1 is 1.03 bits per heavy atom. The number of carbonyl (C=O) groups is 1. The van der Waals surface area contributed by atoms with E-state index in [4.69, 9.17) is 4.74 Å². The van der Waals surface area contributed by atoms with E-state index in [9.17, 15) is 9.18 Å². The van der Waals surface area contributed by atoms with Gasteiger partial charge in [-0.15, -0.1) is 0 Å². The second-order valence-corrected chi connectivity index (χ2v) is 7.28. The Morgan fingerprint density at radius 3 is 2.24 bits per heavy atom. The minimum Gasteiger partial charge on any atom is -0.464 e. The van der Waals surface area contributed by atoms with Gasteiger partial charge in [0.1, 0.15) is 11.5 Å². The Bertz CT molecular complexity index is 776. The molecule has 0 amide bonds. The first-order chi connectivity index (χ1) is 14.2. The Balaban J connectivity index is 0.000000343. The van der Waals surface area contributed by atoms with Crippen molar-refractivity contribution in [3.63, 3.8) is 0 Å². The molecule has 3 heterocycles. The lowest BCUT2D eigenvalue weighted by Gasteiger charge is -2.29. The second-order valence-electron chi connectivity index (χ2n) is 7.28. The number of esters is 1. The van der Waals surface area contributed by atoms with E-state index in [1.54, 1.807) is 12.1 Å². The van der Waals surface area contributed by atoms with Gasteiger partial charge in [-0.05, 0) is 69.5 Å². The van der Waals surface area contributed by atoms with E-state index in [-0.39, 0.29) is 11.5 Å². The smallest absolute Gasteiger partial charge is 0.358 e. The summed E-state index contributed by atoms with van der Waals surface area (Å²) in [7, 11) is 1.31. The maximum absolute atomic E-state index is 13.2. The van der Waals surface area contributed by atoms with Gasteiger partial charge >= 0.3 is 5.97 Å². The van der Waals surface area contributed by atoms with Gasteiger partial charge in [0.05, 0.1) is 13.3 Å². The molecule has 156 valence electrons. The fraction of sp³-hybridized carbons (Fsp3) is 0.500. The summed E-state index contributed by atoms with van der Waals surface area (Å²) in [4.78, 5) is 22.8. The fourth-order valence-electron chi connectivity index (χ4n) is 3.53. The number of nitrogens with zero attached hydrogens (tertiary/aromatic N) is 3. The zero-order valence-corrected chi connectivity index (χ0v) is 17.0. The van der Waals surface area contributed by atoms with Crippen LogP contribution in [0.3, 0.4) is 0 Å². The lowest BCUT2D eigenvalue weighted by Crippen LogP contribution is -2.31. The number of aromatic nitrogens is 2. The summed E-state index contributed by atoms with van der Waals surface area (Å²) in [6, 6.07) is 6.05. The van der Waals surface area contributed by atoms with Crippen molar-refractivity contribution in [3.8, 4) is 11.3 Å². The first-order valence-electron chi connectivity index (χ1n) is 10.4. The minimum absolute atomic E-state index is 0.146. The number of rotatable bonds is 3. The van der Waals surface area contributed by atoms with E-state index in [1.807, 2.05) is 0 Å². The molecule has 0 spiro atoms. The molecular formula is C22H29FN4O2. The van der Waals surface area contributed by atoms with E-state index in [1.165, 1.54) is 64.2 Å². The van der Waals surface area contributed by atoms with Crippen LogP contribution < -0.4 is 10.2 Å². The number of halogens is 1. The number of hydrogen-bond acceptors (Lipinski definition) is 6. The first kappa shape index (κ1) is 21.2. The quantitative estimate of drug-likeness (QED) is 0.790. The maximum atomic E-state index is 13.2. The molecule has 2 saturated heterocycles. The molecule has 2 aliphatic rings. The monoisotopic (exact) mass is 400 g/mol. The molecule has 1 aromatic heterocycles. The van der Waals surface area contributed by atoms with Gasteiger partial charge in [0.15, 0.2) is 11.5 Å². The van der Waals surface area contributed by atoms with Gasteiger partial charge < -0.3 is 15.0 Å². The number of hydrogen-bond donors (Lipinski definition) is 1. The number of nitrogens with one attached hydrogen (secondary N) is 1. The lowest BCUT2D eigenvalue weighted by molar-refractivity contribution is 0.0593. The molecule has 0 atom stereocenters. The molecule has 4 rings (SSSR count). The van der Waals surface area contributed by atoms with E-state index in [0.717, 1.165) is 37.3 Å². The third-order valence-corrected chi connectivity index (χ3v) is 5.13. The first-order valence-corrected chi connectivity index (χ1v) is 10.4. The highest BCUT2D eigenvalue weighted by atomic mass is 19.1. The van der Waals surface area contributed by atoms with Gasteiger partial charge in [-0.2, -0.15) is 0 Å². The molecule has 29 heavy (non-hydrogen) atoms. The lowest BCUT2D eigenvalue weighted by atomic mass is 10.1. The van der Waals surface area contributed by atoms with Crippen LogP contribution in [0.1, 0.15) is 49.0 Å². The highest BCUT2D eigenvalue weighted by Crippen LogP contribution is 2.29. The zero-order chi connectivity index (χ0) is 20.5. The molecule has 1 aromatic carbocycles. The number of piperidine rings is 2. The van der Waals surface area contributed by atoms with Crippen molar-refractivity contribution in [2.45, 2.75) is 38.5 Å². The molecular weight excluding hydrogens is 371 g/mol. The van der Waals surface area contributed by atoms with Crippen LogP contribution >= 0.6 is 0 Å². The number of carbonyl (C=O) groups excluding carboxylic acids is 1. The topological polar surface area (TPSA) is 67.3 Å². The predicted molar refractivity (Wildman–Crippen MR) is 112 cm³/mol. The van der Waals surface area contributed by atoms with Crippen LogP contribution in [0.4, 0.5) is 10.2 Å². The summed E-state index contributed by atoms with van der Waals surface area (Å²) in [5.74, 6) is -0.125. The molecule has 0 radical (unpaired) electrons. The molecule has 0 aliphatic carbocycles. The molecule has 2 fully saturated rings. The van der Waals surface area contributed by atoms with Gasteiger partial charge in [-0.25, -0.2) is 19.2 Å². The van der Waals surface area contributed by atoms with Crippen LogP contribution in [0, 0.1) is 5.82 Å². The van der Waals surface area contributed by atoms with Crippen LogP contribution in [-0.2, 0) is 4.74 Å². The fourth-order valence-corrected chi connectivity index (χ4v) is 3.53. The summed E-state index contributed by atoms with van der Waals surface area (Å²) >= 11 is 0. The maximum Gasteiger partial charge on any atom is 0.358 e. The van der Waals surface area contributed by atoms with E-state index in [0.29, 0.717) is 5.69 Å². The highest BCUT2D eigenvalue weighted by Gasteiger charge is 2.20. The number of ether oxygens (including phenoxy) is 1. The summed E-state index contributed by atoms with van der Waals surface area (Å²) in [5.41, 5.74) is 1.45. The largest absolute Gasteiger partial charge is 0.464 e. The third-order valence-electron chi connectivity index (χ3n) is 5.13. The number of anilines is 1. The summed E-state index contributed by atoms with van der Waals surface area (Å²) in [6.45, 7) is 4.31. The molecule has 0 unspecified atom stereocenters. The minimum atomic E-state index is -0.536. The van der Waals surface area contributed by atoms with Crippen molar-refractivity contribution < 1.29 is 13.9 Å². The van der Waals surface area contributed by atoms with Crippen LogP contribution in [0.25, 0.3) is 11.3 Å². The van der Waals surface area contributed by atoms with Gasteiger partial charge in [0.2, 0.25) is 0 Å². The second kappa shape index (κ2) is 10.9. The summed E-state index contributed by atoms with van der Waals surface area (Å²) < 4.78 is 17.9. The molecule has 0 bridgehead atoms. The van der Waals surface area contributed by atoms with Crippen molar-refractivity contribution in [3.05, 3.63) is 42.0 Å². The number of benzene rings is 1. The normalized spacial score (nSPS) is 16.6. The summed E-state index contributed by atoms with van der Waals surface area (Å²) in [5, 5.41) is 3.28. The Hall–Kier alpha value is -2.54. The molecule has 2 aromatic rings. The van der Waals surface area contributed by atoms with Crippen LogP contribution in [0.2, 0.25) is 0 Å². The standard InChI is InChI=1S/C17H18FN3O2.C5H11N/c1-23-17(22)14-11-19-16(21-9-3-2-4-10-21)15(20-14)12-5-7-13(18)8-6-12;1-2-4-6-5-3-1/h5-8,11H,2-4,9-10H2,1H3;6H,1-5H2. The highest BCUT2D eigenvalue weighted by molar-refractivity contribution is 5.88. The molecule has 2 aliphatic heterocycles. The summed E-state index contributed by atoms with van der Waals surface area (Å²) in [6.07, 6.45) is 9.05. The molecule has 0 saturated carbocycles. The molecule has 7 heteroatoms. The Labute approximate surface area is 171 Å². The van der Waals surface area contributed by atoms with Gasteiger partial charge in [0.25, 0.3) is 0 Å².